The van der Waals surface area contributed by atoms with Crippen molar-refractivity contribution in [1.82, 2.24) is 0 Å². The molecule has 5 heteroatoms. The summed E-state index contributed by atoms with van der Waals surface area (Å²) in [6.07, 6.45) is 2.80. The molecule has 0 spiro atoms. The molecule has 0 aromatic heterocycles. The van der Waals surface area contributed by atoms with Gasteiger partial charge < -0.3 is 9.29 Å². The van der Waals surface area contributed by atoms with Crippen molar-refractivity contribution < 1.29 is 17.7 Å². The average molecular weight is 282 g/mol. The zero-order valence-corrected chi connectivity index (χ0v) is 12.1. The van der Waals surface area contributed by atoms with Crippen LogP contribution >= 0.6 is 0 Å². The molecule has 0 saturated carbocycles. The molecule has 1 aromatic carbocycles. The number of aryl methyl sites for hydroxylation is 1. The lowest BCUT2D eigenvalue weighted by Crippen LogP contribution is -2.06. The quantitative estimate of drug-likeness (QED) is 0.665. The van der Waals surface area contributed by atoms with Crippen LogP contribution in [0.5, 0.6) is 5.75 Å². The highest BCUT2D eigenvalue weighted by atomic mass is 32.2. The van der Waals surface area contributed by atoms with Gasteiger partial charge in [0.25, 0.3) is 0 Å². The Morgan fingerprint density at radius 3 is 2.58 bits per heavy atom. The van der Waals surface area contributed by atoms with Gasteiger partial charge in [0, 0.05) is 0 Å². The lowest BCUT2D eigenvalue weighted by atomic mass is 10.00. The Balaban J connectivity index is 3.07. The van der Waals surface area contributed by atoms with Crippen molar-refractivity contribution in [3.63, 3.8) is 0 Å². The van der Waals surface area contributed by atoms with E-state index < -0.39 is 10.1 Å². The van der Waals surface area contributed by atoms with Crippen LogP contribution in [0, 0.1) is 6.92 Å². The second kappa shape index (κ2) is 6.04. The van der Waals surface area contributed by atoms with Gasteiger partial charge in [-0.15, -0.1) is 0 Å². The van der Waals surface area contributed by atoms with E-state index in [1.807, 2.05) is 13.8 Å². The lowest BCUT2D eigenvalue weighted by molar-refractivity contribution is 0.335. The van der Waals surface area contributed by atoms with E-state index in [1.165, 1.54) is 0 Å². The molecule has 1 rings (SSSR count). The zero-order chi connectivity index (χ0) is 14.6. The molecule has 0 saturated heterocycles. The Hall–Kier alpha value is -1.59. The Bertz CT molecular complexity index is 612. The zero-order valence-electron chi connectivity index (χ0n) is 11.3. The van der Waals surface area contributed by atoms with Crippen molar-refractivity contribution >= 4 is 15.7 Å². The summed E-state index contributed by atoms with van der Waals surface area (Å²) in [7, 11) is -3.51. The number of allylic oxidation sites excluding steroid dienone is 1. The standard InChI is InChI=1S/C14H18O4S/c1-10(9-15)7-11(2)14-6-5-13(8-12(14)3)18-19(4,16)17/h5-8,15H,1,9H2,2-4H3/b11-7+. The summed E-state index contributed by atoms with van der Waals surface area (Å²) in [5.74, 6) is 0.289. The van der Waals surface area contributed by atoms with Crippen LogP contribution in [0.3, 0.4) is 0 Å². The SMILES string of the molecule is C=C(/C=C(\C)c1ccc(OS(C)(=O)=O)cc1C)CO. The molecule has 1 aromatic rings. The molecule has 0 aliphatic heterocycles. The third-order valence-electron chi connectivity index (χ3n) is 2.49. The first-order valence-electron chi connectivity index (χ1n) is 5.70. The van der Waals surface area contributed by atoms with Gasteiger partial charge >= 0.3 is 10.1 Å². The van der Waals surface area contributed by atoms with Crippen LogP contribution in [-0.4, -0.2) is 26.4 Å². The first-order chi connectivity index (χ1) is 8.73. The van der Waals surface area contributed by atoms with Crippen LogP contribution in [0.4, 0.5) is 0 Å². The normalized spacial score (nSPS) is 12.3. The Morgan fingerprint density at radius 1 is 1.47 bits per heavy atom. The number of aliphatic hydroxyl groups is 1. The van der Waals surface area contributed by atoms with Crippen molar-refractivity contribution in [2.75, 3.05) is 12.9 Å². The fraction of sp³-hybridized carbons (Fsp3) is 0.286. The highest BCUT2D eigenvalue weighted by molar-refractivity contribution is 7.86. The summed E-state index contributed by atoms with van der Waals surface area (Å²) < 4.78 is 26.9. The minimum absolute atomic E-state index is 0.0916. The molecule has 0 heterocycles. The van der Waals surface area contributed by atoms with E-state index in [1.54, 1.807) is 24.3 Å². The largest absolute Gasteiger partial charge is 0.392 e. The van der Waals surface area contributed by atoms with Crippen LogP contribution in [0.25, 0.3) is 5.57 Å². The Morgan fingerprint density at radius 2 is 2.11 bits per heavy atom. The smallest absolute Gasteiger partial charge is 0.306 e. The van der Waals surface area contributed by atoms with Crippen molar-refractivity contribution in [2.45, 2.75) is 13.8 Å². The number of rotatable bonds is 5. The van der Waals surface area contributed by atoms with Crippen molar-refractivity contribution in [3.8, 4) is 5.75 Å². The molecule has 0 radical (unpaired) electrons. The maximum absolute atomic E-state index is 11.0. The van der Waals surface area contributed by atoms with Crippen LogP contribution in [0.1, 0.15) is 18.1 Å². The highest BCUT2D eigenvalue weighted by Gasteiger charge is 2.07. The van der Waals surface area contributed by atoms with Gasteiger partial charge in [-0.2, -0.15) is 8.42 Å². The summed E-state index contributed by atoms with van der Waals surface area (Å²) >= 11 is 0. The van der Waals surface area contributed by atoms with E-state index in [2.05, 4.69) is 6.58 Å². The first kappa shape index (κ1) is 15.5. The van der Waals surface area contributed by atoms with Crippen LogP contribution < -0.4 is 4.18 Å². The maximum atomic E-state index is 11.0. The fourth-order valence-corrected chi connectivity index (χ4v) is 2.19. The third-order valence-corrected chi connectivity index (χ3v) is 2.99. The minimum Gasteiger partial charge on any atom is -0.392 e. The van der Waals surface area contributed by atoms with Crippen LogP contribution in [0.2, 0.25) is 0 Å². The predicted molar refractivity (Wildman–Crippen MR) is 76.5 cm³/mol. The van der Waals surface area contributed by atoms with E-state index in [0.29, 0.717) is 5.57 Å². The molecule has 0 aliphatic rings. The van der Waals surface area contributed by atoms with Gasteiger partial charge in [-0.1, -0.05) is 18.7 Å². The first-order valence-corrected chi connectivity index (χ1v) is 7.52. The highest BCUT2D eigenvalue weighted by Crippen LogP contribution is 2.24. The second-order valence-electron chi connectivity index (χ2n) is 4.41. The molecule has 0 fully saturated rings. The van der Waals surface area contributed by atoms with Crippen molar-refractivity contribution in [3.05, 3.63) is 47.6 Å². The molecule has 104 valence electrons. The van der Waals surface area contributed by atoms with Crippen molar-refractivity contribution in [2.24, 2.45) is 0 Å². The maximum Gasteiger partial charge on any atom is 0.306 e. The summed E-state index contributed by atoms with van der Waals surface area (Å²) in [5, 5.41) is 8.94. The van der Waals surface area contributed by atoms with E-state index in [-0.39, 0.29) is 12.4 Å². The molecule has 0 aliphatic carbocycles. The molecular weight excluding hydrogens is 264 g/mol. The number of aliphatic hydroxyl groups excluding tert-OH is 1. The summed E-state index contributed by atoms with van der Waals surface area (Å²) in [4.78, 5) is 0. The molecule has 19 heavy (non-hydrogen) atoms. The predicted octanol–water partition coefficient (Wildman–Crippen LogP) is 2.29. The minimum atomic E-state index is -3.51. The average Bonchev–Trinajstić information content (AvgIpc) is 2.26. The van der Waals surface area contributed by atoms with Gasteiger partial charge in [-0.05, 0) is 48.3 Å². The van der Waals surface area contributed by atoms with Gasteiger partial charge in [-0.3, -0.25) is 0 Å². The van der Waals surface area contributed by atoms with Crippen molar-refractivity contribution in [1.29, 1.82) is 0 Å². The Kier molecular flexibility index (Phi) is 4.91. The van der Waals surface area contributed by atoms with Crippen LogP contribution in [0.15, 0.2) is 36.4 Å². The second-order valence-corrected chi connectivity index (χ2v) is 5.98. The Labute approximate surface area is 114 Å². The molecule has 0 amide bonds. The van der Waals surface area contributed by atoms with Gasteiger partial charge in [0.05, 0.1) is 12.9 Å². The number of benzene rings is 1. The van der Waals surface area contributed by atoms with Gasteiger partial charge in [0.2, 0.25) is 0 Å². The van der Waals surface area contributed by atoms with E-state index in [4.69, 9.17) is 9.29 Å². The third kappa shape index (κ3) is 4.89. The monoisotopic (exact) mass is 282 g/mol. The molecule has 0 bridgehead atoms. The summed E-state index contributed by atoms with van der Waals surface area (Å²) in [6, 6.07) is 5.05. The summed E-state index contributed by atoms with van der Waals surface area (Å²) in [6.45, 7) is 7.38. The topological polar surface area (TPSA) is 63.6 Å². The van der Waals surface area contributed by atoms with Crippen LogP contribution in [-0.2, 0) is 10.1 Å². The van der Waals surface area contributed by atoms with Gasteiger partial charge in [-0.25, -0.2) is 0 Å². The number of hydrogen-bond donors (Lipinski definition) is 1. The van der Waals surface area contributed by atoms with E-state index in [0.717, 1.165) is 23.0 Å². The van der Waals surface area contributed by atoms with Gasteiger partial charge in [0.1, 0.15) is 5.75 Å². The molecule has 0 atom stereocenters. The molecule has 1 N–H and O–H groups in total. The summed E-state index contributed by atoms with van der Waals surface area (Å²) in [5.41, 5.74) is 3.41. The molecule has 4 nitrogen and oxygen atoms in total. The number of hydrogen-bond acceptors (Lipinski definition) is 4. The van der Waals surface area contributed by atoms with E-state index >= 15 is 0 Å². The van der Waals surface area contributed by atoms with E-state index in [9.17, 15) is 8.42 Å². The van der Waals surface area contributed by atoms with Gasteiger partial charge in [0.15, 0.2) is 0 Å². The lowest BCUT2D eigenvalue weighted by Gasteiger charge is -2.09. The molecular formula is C14H18O4S. The fourth-order valence-electron chi connectivity index (χ4n) is 1.73. The molecule has 0 unspecified atom stereocenters.